The number of rotatable bonds is 11. The summed E-state index contributed by atoms with van der Waals surface area (Å²) in [7, 11) is 0. The molecule has 0 spiro atoms. The Morgan fingerprint density at radius 1 is 0.816 bits per heavy atom. The summed E-state index contributed by atoms with van der Waals surface area (Å²) in [4.78, 5) is 13.2. The second-order valence-corrected chi connectivity index (χ2v) is 8.91. The molecule has 0 aromatic heterocycles. The zero-order valence-electron chi connectivity index (χ0n) is 20.8. The number of aromatic hydroxyl groups is 1. The van der Waals surface area contributed by atoms with Gasteiger partial charge in [0.05, 0.1) is 13.2 Å². The SMILES string of the molecule is O=C(/C=C/c1ccc(OC2COC2)cc1)c1c(O)cc(OCc2ccccc2)cc1OCc1ccccc1. The fourth-order valence-electron chi connectivity index (χ4n) is 3.88. The van der Waals surface area contributed by atoms with Gasteiger partial charge in [-0.25, -0.2) is 0 Å². The van der Waals surface area contributed by atoms with Gasteiger partial charge in [0.1, 0.15) is 47.9 Å². The smallest absolute Gasteiger partial charge is 0.193 e. The molecule has 1 saturated heterocycles. The molecule has 6 nitrogen and oxygen atoms in total. The van der Waals surface area contributed by atoms with Gasteiger partial charge in [-0.05, 0) is 34.9 Å². The van der Waals surface area contributed by atoms with E-state index < -0.39 is 0 Å². The number of carbonyl (C=O) groups excluding carboxylic acids is 1. The minimum atomic E-state index is -0.382. The molecule has 5 rings (SSSR count). The number of carbonyl (C=O) groups is 1. The molecule has 0 unspecified atom stereocenters. The number of benzene rings is 4. The number of hydrogen-bond acceptors (Lipinski definition) is 6. The van der Waals surface area contributed by atoms with Crippen molar-refractivity contribution in [3.63, 3.8) is 0 Å². The lowest BCUT2D eigenvalue weighted by Gasteiger charge is -2.26. The quantitative estimate of drug-likeness (QED) is 0.191. The summed E-state index contributed by atoms with van der Waals surface area (Å²) in [5.74, 6) is 0.814. The lowest BCUT2D eigenvalue weighted by atomic mass is 10.1. The van der Waals surface area contributed by atoms with Gasteiger partial charge in [-0.1, -0.05) is 78.9 Å². The van der Waals surface area contributed by atoms with Crippen LogP contribution in [0.1, 0.15) is 27.0 Å². The molecule has 0 radical (unpaired) electrons. The average molecular weight is 509 g/mol. The van der Waals surface area contributed by atoms with E-state index in [2.05, 4.69) is 0 Å². The van der Waals surface area contributed by atoms with E-state index in [9.17, 15) is 9.90 Å². The second kappa shape index (κ2) is 12.1. The maximum atomic E-state index is 13.2. The molecular weight excluding hydrogens is 480 g/mol. The molecule has 0 bridgehead atoms. The molecule has 0 aliphatic carbocycles. The summed E-state index contributed by atoms with van der Waals surface area (Å²) in [6.07, 6.45) is 3.21. The van der Waals surface area contributed by atoms with Crippen LogP contribution in [-0.2, 0) is 18.0 Å². The molecule has 1 aliphatic heterocycles. The van der Waals surface area contributed by atoms with Crippen LogP contribution in [0.25, 0.3) is 6.08 Å². The van der Waals surface area contributed by atoms with E-state index in [4.69, 9.17) is 18.9 Å². The van der Waals surface area contributed by atoms with E-state index in [1.807, 2.05) is 84.9 Å². The number of phenolic OH excluding ortho intramolecular Hbond substituents is 1. The highest BCUT2D eigenvalue weighted by molar-refractivity contribution is 6.10. The molecule has 4 aromatic rings. The van der Waals surface area contributed by atoms with Crippen LogP contribution < -0.4 is 14.2 Å². The Labute approximate surface area is 221 Å². The zero-order valence-corrected chi connectivity index (χ0v) is 20.8. The van der Waals surface area contributed by atoms with Crippen LogP contribution in [-0.4, -0.2) is 30.2 Å². The van der Waals surface area contributed by atoms with Crippen LogP contribution in [0.5, 0.6) is 23.0 Å². The molecule has 1 fully saturated rings. The van der Waals surface area contributed by atoms with Gasteiger partial charge >= 0.3 is 0 Å². The van der Waals surface area contributed by atoms with E-state index in [-0.39, 0.29) is 35.6 Å². The summed E-state index contributed by atoms with van der Waals surface area (Å²) in [6, 6.07) is 29.9. The summed E-state index contributed by atoms with van der Waals surface area (Å²) >= 11 is 0. The first-order valence-electron chi connectivity index (χ1n) is 12.4. The highest BCUT2D eigenvalue weighted by atomic mass is 16.6. The largest absolute Gasteiger partial charge is 0.507 e. The van der Waals surface area contributed by atoms with E-state index in [0.29, 0.717) is 25.6 Å². The molecule has 38 heavy (non-hydrogen) atoms. The lowest BCUT2D eigenvalue weighted by Crippen LogP contribution is -2.38. The van der Waals surface area contributed by atoms with E-state index in [0.717, 1.165) is 22.4 Å². The number of phenols is 1. The number of ketones is 1. The van der Waals surface area contributed by atoms with Gasteiger partial charge in [-0.15, -0.1) is 0 Å². The molecule has 0 saturated carbocycles. The predicted molar refractivity (Wildman–Crippen MR) is 145 cm³/mol. The van der Waals surface area contributed by atoms with Crippen LogP contribution in [0.15, 0.2) is 103 Å². The highest BCUT2D eigenvalue weighted by Gasteiger charge is 2.20. The topological polar surface area (TPSA) is 74.2 Å². The maximum absolute atomic E-state index is 13.2. The fourth-order valence-corrected chi connectivity index (χ4v) is 3.88. The number of ether oxygens (including phenoxy) is 4. The third-order valence-corrected chi connectivity index (χ3v) is 6.00. The molecule has 1 aliphatic rings. The second-order valence-electron chi connectivity index (χ2n) is 8.91. The Morgan fingerprint density at radius 2 is 1.45 bits per heavy atom. The summed E-state index contributed by atoms with van der Waals surface area (Å²) in [5.41, 5.74) is 2.82. The van der Waals surface area contributed by atoms with Crippen molar-refractivity contribution in [3.05, 3.63) is 125 Å². The van der Waals surface area contributed by atoms with Crippen molar-refractivity contribution < 1.29 is 28.8 Å². The molecule has 1 heterocycles. The lowest BCUT2D eigenvalue weighted by molar-refractivity contribution is -0.0796. The van der Waals surface area contributed by atoms with Gasteiger partial charge in [-0.2, -0.15) is 0 Å². The standard InChI is InChI=1S/C32H28O6/c33-29(16-13-23-11-14-26(15-12-23)38-28-21-35-22-28)32-30(34)17-27(36-19-24-7-3-1-4-8-24)18-31(32)37-20-25-9-5-2-6-10-25/h1-18,28,34H,19-22H2/b16-13+. The van der Waals surface area contributed by atoms with Crippen LogP contribution in [0.3, 0.4) is 0 Å². The average Bonchev–Trinajstić information content (AvgIpc) is 2.93. The first-order chi connectivity index (χ1) is 18.6. The Morgan fingerprint density at radius 3 is 2.05 bits per heavy atom. The van der Waals surface area contributed by atoms with E-state index in [1.165, 1.54) is 12.1 Å². The van der Waals surface area contributed by atoms with Crippen molar-refractivity contribution in [2.24, 2.45) is 0 Å². The summed E-state index contributed by atoms with van der Waals surface area (Å²) in [5, 5.41) is 10.8. The molecule has 1 N–H and O–H groups in total. The summed E-state index contributed by atoms with van der Waals surface area (Å²) in [6.45, 7) is 1.76. The van der Waals surface area contributed by atoms with Crippen LogP contribution in [0, 0.1) is 0 Å². The van der Waals surface area contributed by atoms with Gasteiger partial charge < -0.3 is 24.1 Å². The number of allylic oxidation sites excluding steroid dienone is 1. The number of hydrogen-bond donors (Lipinski definition) is 1. The van der Waals surface area contributed by atoms with Crippen LogP contribution in [0.4, 0.5) is 0 Å². The first kappa shape index (κ1) is 25.1. The predicted octanol–water partition coefficient (Wildman–Crippen LogP) is 6.22. The first-order valence-corrected chi connectivity index (χ1v) is 12.4. The van der Waals surface area contributed by atoms with Gasteiger partial charge in [0.15, 0.2) is 5.78 Å². The summed E-state index contributed by atoms with van der Waals surface area (Å²) < 4.78 is 22.8. The minimum absolute atomic E-state index is 0.0779. The molecule has 4 aromatic carbocycles. The maximum Gasteiger partial charge on any atom is 0.193 e. The minimum Gasteiger partial charge on any atom is -0.507 e. The molecule has 192 valence electrons. The fraction of sp³-hybridized carbons (Fsp3) is 0.156. The Hall–Kier alpha value is -4.55. The molecular formula is C32H28O6. The molecule has 0 amide bonds. The van der Waals surface area contributed by atoms with Gasteiger partial charge in [0, 0.05) is 12.1 Å². The van der Waals surface area contributed by atoms with E-state index in [1.54, 1.807) is 12.1 Å². The van der Waals surface area contributed by atoms with Crippen LogP contribution in [0.2, 0.25) is 0 Å². The van der Waals surface area contributed by atoms with Crippen molar-refractivity contribution in [2.45, 2.75) is 19.3 Å². The van der Waals surface area contributed by atoms with Crippen molar-refractivity contribution in [1.82, 2.24) is 0 Å². The van der Waals surface area contributed by atoms with Crippen molar-refractivity contribution in [3.8, 4) is 23.0 Å². The van der Waals surface area contributed by atoms with Crippen LogP contribution >= 0.6 is 0 Å². The van der Waals surface area contributed by atoms with Crippen molar-refractivity contribution in [1.29, 1.82) is 0 Å². The third kappa shape index (κ3) is 6.60. The van der Waals surface area contributed by atoms with Crippen molar-refractivity contribution >= 4 is 11.9 Å². The Bertz CT molecular complexity index is 1380. The normalized spacial score (nSPS) is 13.2. The molecule has 6 heteroatoms. The van der Waals surface area contributed by atoms with Gasteiger partial charge in [0.2, 0.25) is 0 Å². The van der Waals surface area contributed by atoms with Gasteiger partial charge in [0.25, 0.3) is 0 Å². The highest BCUT2D eigenvalue weighted by Crippen LogP contribution is 2.35. The van der Waals surface area contributed by atoms with Crippen molar-refractivity contribution in [2.75, 3.05) is 13.2 Å². The Kier molecular flexibility index (Phi) is 8.01. The monoisotopic (exact) mass is 508 g/mol. The zero-order chi connectivity index (χ0) is 26.2. The van der Waals surface area contributed by atoms with E-state index >= 15 is 0 Å². The van der Waals surface area contributed by atoms with Gasteiger partial charge in [-0.3, -0.25) is 4.79 Å². The molecule has 0 atom stereocenters. The third-order valence-electron chi connectivity index (χ3n) is 6.00. The Balaban J connectivity index is 1.34.